The number of nitrogens with one attached hydrogen (secondary N) is 2. The summed E-state index contributed by atoms with van der Waals surface area (Å²) in [7, 11) is 0. The number of rotatable bonds is 3. The van der Waals surface area contributed by atoms with Crippen LogP contribution in [0.2, 0.25) is 0 Å². The predicted octanol–water partition coefficient (Wildman–Crippen LogP) is 2.44. The first-order valence-electron chi connectivity index (χ1n) is 10.4. The number of nitrogens with two attached hydrogens (primary N) is 2. The van der Waals surface area contributed by atoms with Crippen LogP contribution < -0.4 is 22.1 Å². The van der Waals surface area contributed by atoms with Crippen LogP contribution in [-0.2, 0) is 6.54 Å². The maximum atomic E-state index is 9.52. The highest BCUT2D eigenvalue weighted by atomic mass is 15.2. The zero-order chi connectivity index (χ0) is 21.8. The Morgan fingerprint density at radius 1 is 1.13 bits per heavy atom. The summed E-state index contributed by atoms with van der Waals surface area (Å²) in [6.07, 6.45) is 6.83. The van der Waals surface area contributed by atoms with Crippen LogP contribution in [0, 0.1) is 22.8 Å². The molecule has 0 spiro atoms. The molecular weight excluding hydrogens is 390 g/mol. The number of pyridine rings is 1. The van der Waals surface area contributed by atoms with Gasteiger partial charge in [0.15, 0.2) is 6.19 Å². The summed E-state index contributed by atoms with van der Waals surface area (Å²) in [5, 5.41) is 24.1. The third-order valence-corrected chi connectivity index (χ3v) is 5.80. The SMILES string of the molecule is N#CNC1=NC(c2ccccc2CN2CCCCCC2)c2c(nc(N)c(C#N)c2N)N1. The molecule has 31 heavy (non-hydrogen) atoms. The smallest absolute Gasteiger partial charge is 0.211 e. The molecule has 158 valence electrons. The molecule has 1 fully saturated rings. The fourth-order valence-corrected chi connectivity index (χ4v) is 4.29. The van der Waals surface area contributed by atoms with Crippen molar-refractivity contribution in [3.05, 3.63) is 46.5 Å². The van der Waals surface area contributed by atoms with Crippen LogP contribution in [0.15, 0.2) is 29.3 Å². The quantitative estimate of drug-likeness (QED) is 0.440. The van der Waals surface area contributed by atoms with E-state index in [4.69, 9.17) is 21.7 Å². The second-order valence-corrected chi connectivity index (χ2v) is 7.79. The van der Waals surface area contributed by atoms with Crippen LogP contribution >= 0.6 is 0 Å². The Kier molecular flexibility index (Phi) is 5.87. The highest BCUT2D eigenvalue weighted by Gasteiger charge is 2.31. The number of hydrogen-bond donors (Lipinski definition) is 4. The zero-order valence-electron chi connectivity index (χ0n) is 17.2. The van der Waals surface area contributed by atoms with E-state index < -0.39 is 6.04 Å². The number of nitrogens with zero attached hydrogens (tertiary/aromatic N) is 5. The van der Waals surface area contributed by atoms with Crippen LogP contribution in [0.25, 0.3) is 0 Å². The van der Waals surface area contributed by atoms with E-state index >= 15 is 0 Å². The third-order valence-electron chi connectivity index (χ3n) is 5.80. The number of nitriles is 2. The van der Waals surface area contributed by atoms with Crippen LogP contribution in [-0.4, -0.2) is 28.9 Å². The van der Waals surface area contributed by atoms with Gasteiger partial charge in [0.1, 0.15) is 29.3 Å². The number of guanidine groups is 1. The predicted molar refractivity (Wildman–Crippen MR) is 120 cm³/mol. The van der Waals surface area contributed by atoms with E-state index in [9.17, 15) is 5.26 Å². The van der Waals surface area contributed by atoms with E-state index in [-0.39, 0.29) is 23.0 Å². The van der Waals surface area contributed by atoms with Crippen molar-refractivity contribution in [3.8, 4) is 12.3 Å². The van der Waals surface area contributed by atoms with E-state index in [2.05, 4.69) is 26.6 Å². The first-order valence-corrected chi connectivity index (χ1v) is 10.4. The lowest BCUT2D eigenvalue weighted by atomic mass is 9.91. The summed E-state index contributed by atoms with van der Waals surface area (Å²) < 4.78 is 0. The van der Waals surface area contributed by atoms with Crippen LogP contribution in [0.4, 0.5) is 17.3 Å². The molecule has 1 aromatic heterocycles. The van der Waals surface area contributed by atoms with Crippen molar-refractivity contribution in [2.75, 3.05) is 29.9 Å². The van der Waals surface area contributed by atoms with Gasteiger partial charge in [-0.15, -0.1) is 0 Å². The number of aromatic nitrogens is 1. The van der Waals surface area contributed by atoms with E-state index in [1.165, 1.54) is 25.7 Å². The van der Waals surface area contributed by atoms with Crippen molar-refractivity contribution >= 4 is 23.3 Å². The Balaban J connectivity index is 1.81. The molecule has 9 heteroatoms. The normalized spacial score (nSPS) is 18.5. The first kappa shape index (κ1) is 20.5. The third kappa shape index (κ3) is 4.09. The van der Waals surface area contributed by atoms with Gasteiger partial charge in [-0.2, -0.15) is 10.5 Å². The van der Waals surface area contributed by atoms with E-state index in [1.54, 1.807) is 0 Å². The summed E-state index contributed by atoms with van der Waals surface area (Å²) in [5.41, 5.74) is 15.4. The average Bonchev–Trinajstić information content (AvgIpc) is 3.03. The van der Waals surface area contributed by atoms with Gasteiger partial charge >= 0.3 is 0 Å². The van der Waals surface area contributed by atoms with Gasteiger partial charge in [0.25, 0.3) is 0 Å². The molecule has 2 aliphatic heterocycles. The van der Waals surface area contributed by atoms with Gasteiger partial charge < -0.3 is 16.8 Å². The number of nitrogen functional groups attached to an aromatic ring is 2. The highest BCUT2D eigenvalue weighted by Crippen LogP contribution is 2.41. The second kappa shape index (κ2) is 8.90. The molecule has 1 atom stereocenters. The maximum absolute atomic E-state index is 9.52. The Labute approximate surface area is 181 Å². The average molecular weight is 416 g/mol. The summed E-state index contributed by atoms with van der Waals surface area (Å²) >= 11 is 0. The second-order valence-electron chi connectivity index (χ2n) is 7.79. The molecule has 0 radical (unpaired) electrons. The van der Waals surface area contributed by atoms with Crippen LogP contribution in [0.5, 0.6) is 0 Å². The number of aliphatic imine (C=N–C) groups is 1. The number of benzene rings is 1. The van der Waals surface area contributed by atoms with Crippen molar-refractivity contribution in [1.29, 1.82) is 10.5 Å². The zero-order valence-corrected chi connectivity index (χ0v) is 17.2. The van der Waals surface area contributed by atoms with Crippen molar-refractivity contribution in [3.63, 3.8) is 0 Å². The van der Waals surface area contributed by atoms with Gasteiger partial charge in [0, 0.05) is 12.1 Å². The molecule has 3 heterocycles. The molecule has 0 bridgehead atoms. The first-order chi connectivity index (χ1) is 15.1. The van der Waals surface area contributed by atoms with Crippen LogP contribution in [0.3, 0.4) is 0 Å². The molecular formula is C22H25N9. The minimum atomic E-state index is -0.518. The van der Waals surface area contributed by atoms with Crippen molar-refractivity contribution in [2.45, 2.75) is 38.3 Å². The molecule has 0 saturated carbocycles. The lowest BCUT2D eigenvalue weighted by Crippen LogP contribution is -2.33. The van der Waals surface area contributed by atoms with Gasteiger partial charge in [0.2, 0.25) is 5.96 Å². The Morgan fingerprint density at radius 2 is 1.87 bits per heavy atom. The highest BCUT2D eigenvalue weighted by molar-refractivity contribution is 5.98. The fourth-order valence-electron chi connectivity index (χ4n) is 4.29. The Hall–Kier alpha value is -3.82. The largest absolute Gasteiger partial charge is 0.397 e. The van der Waals surface area contributed by atoms with Gasteiger partial charge in [-0.25, -0.2) is 9.98 Å². The Morgan fingerprint density at radius 3 is 2.58 bits per heavy atom. The molecule has 0 amide bonds. The van der Waals surface area contributed by atoms with Crippen molar-refractivity contribution in [1.82, 2.24) is 15.2 Å². The summed E-state index contributed by atoms with van der Waals surface area (Å²) in [6, 6.07) is 9.62. The number of anilines is 3. The van der Waals surface area contributed by atoms with Gasteiger partial charge in [-0.1, -0.05) is 37.1 Å². The molecule has 9 nitrogen and oxygen atoms in total. The maximum Gasteiger partial charge on any atom is 0.211 e. The molecule has 2 aliphatic rings. The molecule has 2 aromatic rings. The van der Waals surface area contributed by atoms with Gasteiger partial charge in [-0.05, 0) is 37.1 Å². The molecule has 6 N–H and O–H groups in total. The summed E-state index contributed by atoms with van der Waals surface area (Å²) in [5.74, 6) is 0.706. The van der Waals surface area contributed by atoms with E-state index in [1.807, 2.05) is 30.5 Å². The minimum Gasteiger partial charge on any atom is -0.397 e. The van der Waals surface area contributed by atoms with Crippen LogP contribution in [0.1, 0.15) is 54.0 Å². The fraction of sp³-hybridized carbons (Fsp3) is 0.364. The van der Waals surface area contributed by atoms with Gasteiger partial charge in [-0.3, -0.25) is 10.2 Å². The number of hydrogen-bond acceptors (Lipinski definition) is 9. The minimum absolute atomic E-state index is 0.0426. The van der Waals surface area contributed by atoms with Crippen molar-refractivity contribution in [2.24, 2.45) is 4.99 Å². The topological polar surface area (TPSA) is 152 Å². The standard InChI is InChI=1S/C22H25N9/c23-11-16-18(25)17-19(28-22(27-13-24)30-21(17)29-20(16)26)15-8-4-3-7-14(15)12-31-9-5-1-2-6-10-31/h3-4,7-8,19H,1-2,5-6,9-10,12H2,(H6,25,26,27,28,29,30). The number of likely N-dealkylation sites (tertiary alicyclic amines) is 1. The monoisotopic (exact) mass is 415 g/mol. The summed E-state index contributed by atoms with van der Waals surface area (Å²) in [6.45, 7) is 2.94. The van der Waals surface area contributed by atoms with Crippen molar-refractivity contribution < 1.29 is 0 Å². The number of fused-ring (bicyclic) bond motifs is 1. The lowest BCUT2D eigenvalue weighted by molar-refractivity contribution is 0.276. The summed E-state index contributed by atoms with van der Waals surface area (Å²) in [4.78, 5) is 11.5. The molecule has 1 unspecified atom stereocenters. The van der Waals surface area contributed by atoms with E-state index in [0.717, 1.165) is 30.8 Å². The lowest BCUT2D eigenvalue weighted by Gasteiger charge is -2.28. The molecule has 0 aliphatic carbocycles. The molecule has 1 aromatic carbocycles. The van der Waals surface area contributed by atoms with E-state index in [0.29, 0.717) is 11.4 Å². The van der Waals surface area contributed by atoms with Gasteiger partial charge in [0.05, 0.1) is 5.69 Å². The Bertz CT molecular complexity index is 1090. The molecule has 4 rings (SSSR count). The molecule has 1 saturated heterocycles.